The molecule has 6 rings (SSSR count). The van der Waals surface area contributed by atoms with E-state index in [0.29, 0.717) is 12.8 Å². The number of hydrogen-bond acceptors (Lipinski definition) is 4. The third kappa shape index (κ3) is 2.01. The van der Waals surface area contributed by atoms with Gasteiger partial charge in [0.25, 0.3) is 0 Å². The Labute approximate surface area is 146 Å². The van der Waals surface area contributed by atoms with Crippen LogP contribution in [0.2, 0.25) is 0 Å². The predicted octanol–water partition coefficient (Wildman–Crippen LogP) is 3.62. The Kier molecular flexibility index (Phi) is 2.71. The number of aromatic nitrogens is 1. The molecule has 0 aliphatic carbocycles. The van der Waals surface area contributed by atoms with Crippen LogP contribution in [0.15, 0.2) is 42.5 Å². The Morgan fingerprint density at radius 3 is 2.84 bits per heavy atom. The van der Waals surface area contributed by atoms with Crippen molar-refractivity contribution >= 4 is 10.9 Å². The first-order valence-electron chi connectivity index (χ1n) is 8.89. The topological polar surface area (TPSA) is 34.6 Å². The number of ether oxygens (including phenoxy) is 2. The number of benzene rings is 2. The van der Waals surface area contributed by atoms with E-state index >= 15 is 0 Å². The SMILES string of the molecule is c1ccc2c(c1)CCN1Cc3cc4cc5c(cc4nc3CC21)OCO5. The van der Waals surface area contributed by atoms with Crippen LogP contribution >= 0.6 is 0 Å². The van der Waals surface area contributed by atoms with E-state index in [4.69, 9.17) is 14.5 Å². The van der Waals surface area contributed by atoms with Gasteiger partial charge < -0.3 is 9.47 Å². The monoisotopic (exact) mass is 330 g/mol. The minimum Gasteiger partial charge on any atom is -0.454 e. The molecule has 0 radical (unpaired) electrons. The van der Waals surface area contributed by atoms with E-state index in [2.05, 4.69) is 41.3 Å². The Morgan fingerprint density at radius 1 is 1.00 bits per heavy atom. The standard InChI is InChI=1S/C21H18N2O2/c1-2-4-16-13(3-1)5-6-23-11-15-7-14-8-20-21(25-12-24-20)10-18(14)22-17(15)9-19(16)23/h1-4,7-8,10,19H,5-6,9,11-12H2. The van der Waals surface area contributed by atoms with E-state index in [-0.39, 0.29) is 0 Å². The summed E-state index contributed by atoms with van der Waals surface area (Å²) in [6, 6.07) is 15.7. The molecule has 124 valence electrons. The molecule has 3 aliphatic rings. The van der Waals surface area contributed by atoms with Crippen LogP contribution in [0.1, 0.15) is 28.4 Å². The summed E-state index contributed by atoms with van der Waals surface area (Å²) in [7, 11) is 0. The summed E-state index contributed by atoms with van der Waals surface area (Å²) in [4.78, 5) is 7.60. The van der Waals surface area contributed by atoms with E-state index in [0.717, 1.165) is 48.3 Å². The van der Waals surface area contributed by atoms with E-state index in [1.165, 1.54) is 22.4 Å². The van der Waals surface area contributed by atoms with Gasteiger partial charge in [-0.2, -0.15) is 0 Å². The molecule has 4 heteroatoms. The van der Waals surface area contributed by atoms with Crippen molar-refractivity contribution in [2.24, 2.45) is 0 Å². The molecule has 1 unspecified atom stereocenters. The minimum absolute atomic E-state index is 0.304. The summed E-state index contributed by atoms with van der Waals surface area (Å²) in [5.41, 5.74) is 6.55. The summed E-state index contributed by atoms with van der Waals surface area (Å²) >= 11 is 0. The second-order valence-corrected chi connectivity index (χ2v) is 7.13. The molecule has 0 fully saturated rings. The molecular formula is C21H18N2O2. The van der Waals surface area contributed by atoms with Crippen molar-refractivity contribution in [3.8, 4) is 11.5 Å². The smallest absolute Gasteiger partial charge is 0.231 e. The zero-order chi connectivity index (χ0) is 16.4. The highest BCUT2D eigenvalue weighted by atomic mass is 16.7. The van der Waals surface area contributed by atoms with Crippen LogP contribution in [-0.4, -0.2) is 23.2 Å². The van der Waals surface area contributed by atoms with Crippen molar-refractivity contribution in [2.75, 3.05) is 13.3 Å². The Hall–Kier alpha value is -2.59. The molecule has 1 atom stereocenters. The van der Waals surface area contributed by atoms with Crippen molar-refractivity contribution in [3.05, 3.63) is 64.8 Å². The molecule has 0 spiro atoms. The molecule has 1 aromatic heterocycles. The number of hydrogen-bond donors (Lipinski definition) is 0. The summed E-state index contributed by atoms with van der Waals surface area (Å²) in [6.07, 6.45) is 2.12. The zero-order valence-corrected chi connectivity index (χ0v) is 13.9. The van der Waals surface area contributed by atoms with Crippen molar-refractivity contribution in [3.63, 3.8) is 0 Å². The normalized spacial score (nSPS) is 20.9. The van der Waals surface area contributed by atoms with Crippen molar-refractivity contribution in [1.82, 2.24) is 9.88 Å². The summed E-state index contributed by atoms with van der Waals surface area (Å²) in [6.45, 7) is 2.41. The van der Waals surface area contributed by atoms with Gasteiger partial charge in [0, 0.05) is 42.7 Å². The van der Waals surface area contributed by atoms with Gasteiger partial charge in [0.15, 0.2) is 11.5 Å². The lowest BCUT2D eigenvalue weighted by molar-refractivity contribution is 0.159. The fraction of sp³-hybridized carbons (Fsp3) is 0.286. The molecule has 25 heavy (non-hydrogen) atoms. The number of nitrogens with zero attached hydrogens (tertiary/aromatic N) is 2. The summed E-state index contributed by atoms with van der Waals surface area (Å²) in [5, 5.41) is 1.14. The van der Waals surface area contributed by atoms with Gasteiger partial charge in [-0.05, 0) is 35.2 Å². The molecule has 3 aliphatic heterocycles. The molecule has 2 aromatic carbocycles. The zero-order valence-electron chi connectivity index (χ0n) is 13.9. The molecule has 3 aromatic rings. The summed E-state index contributed by atoms with van der Waals surface area (Å²) < 4.78 is 11.0. The van der Waals surface area contributed by atoms with Crippen LogP contribution in [0, 0.1) is 0 Å². The first kappa shape index (κ1) is 13.7. The highest BCUT2D eigenvalue weighted by Gasteiger charge is 2.32. The highest BCUT2D eigenvalue weighted by molar-refractivity contribution is 5.84. The second kappa shape index (κ2) is 4.96. The molecule has 4 nitrogen and oxygen atoms in total. The Balaban J connectivity index is 1.47. The molecular weight excluding hydrogens is 312 g/mol. The van der Waals surface area contributed by atoms with Crippen LogP contribution in [0.3, 0.4) is 0 Å². The van der Waals surface area contributed by atoms with Crippen molar-refractivity contribution < 1.29 is 9.47 Å². The van der Waals surface area contributed by atoms with Gasteiger partial charge in [-0.3, -0.25) is 9.88 Å². The highest BCUT2D eigenvalue weighted by Crippen LogP contribution is 2.40. The average Bonchev–Trinajstić information content (AvgIpc) is 3.10. The third-order valence-corrected chi connectivity index (χ3v) is 5.76. The average molecular weight is 330 g/mol. The second-order valence-electron chi connectivity index (χ2n) is 7.13. The molecule has 0 saturated carbocycles. The largest absolute Gasteiger partial charge is 0.454 e. The van der Waals surface area contributed by atoms with Crippen molar-refractivity contribution in [1.29, 1.82) is 0 Å². The summed E-state index contributed by atoms with van der Waals surface area (Å²) in [5.74, 6) is 1.63. The lowest BCUT2D eigenvalue weighted by Gasteiger charge is -2.41. The first-order valence-corrected chi connectivity index (χ1v) is 8.89. The quantitative estimate of drug-likeness (QED) is 0.630. The van der Waals surface area contributed by atoms with Crippen LogP contribution in [0.25, 0.3) is 10.9 Å². The third-order valence-electron chi connectivity index (χ3n) is 5.76. The molecule has 0 amide bonds. The van der Waals surface area contributed by atoms with E-state index < -0.39 is 0 Å². The van der Waals surface area contributed by atoms with Gasteiger partial charge in [-0.1, -0.05) is 24.3 Å². The molecule has 0 N–H and O–H groups in total. The molecule has 0 bridgehead atoms. The number of pyridine rings is 1. The fourth-order valence-corrected chi connectivity index (χ4v) is 4.50. The van der Waals surface area contributed by atoms with Gasteiger partial charge >= 0.3 is 0 Å². The Morgan fingerprint density at radius 2 is 1.88 bits per heavy atom. The van der Waals surface area contributed by atoms with Gasteiger partial charge in [0.2, 0.25) is 6.79 Å². The number of rotatable bonds is 0. The van der Waals surface area contributed by atoms with Crippen LogP contribution in [0.4, 0.5) is 0 Å². The van der Waals surface area contributed by atoms with Crippen LogP contribution < -0.4 is 9.47 Å². The van der Waals surface area contributed by atoms with Gasteiger partial charge in [0.05, 0.1) is 5.52 Å². The maximum Gasteiger partial charge on any atom is 0.231 e. The molecule has 4 heterocycles. The minimum atomic E-state index is 0.304. The van der Waals surface area contributed by atoms with Crippen LogP contribution in [0.5, 0.6) is 11.5 Å². The Bertz CT molecular complexity index is 1010. The van der Waals surface area contributed by atoms with Crippen molar-refractivity contribution in [2.45, 2.75) is 25.4 Å². The predicted molar refractivity (Wildman–Crippen MR) is 94.9 cm³/mol. The van der Waals surface area contributed by atoms with Gasteiger partial charge in [0.1, 0.15) is 0 Å². The van der Waals surface area contributed by atoms with Gasteiger partial charge in [-0.15, -0.1) is 0 Å². The lowest BCUT2D eigenvalue weighted by atomic mass is 9.86. The molecule has 0 saturated heterocycles. The number of fused-ring (bicyclic) bond motifs is 6. The van der Waals surface area contributed by atoms with Crippen LogP contribution in [-0.2, 0) is 19.4 Å². The lowest BCUT2D eigenvalue weighted by Crippen LogP contribution is -2.39. The maximum atomic E-state index is 5.52. The van der Waals surface area contributed by atoms with E-state index in [1.807, 2.05) is 6.07 Å². The van der Waals surface area contributed by atoms with E-state index in [1.54, 1.807) is 0 Å². The maximum absolute atomic E-state index is 5.52. The van der Waals surface area contributed by atoms with Gasteiger partial charge in [-0.25, -0.2) is 0 Å². The fourth-order valence-electron chi connectivity index (χ4n) is 4.50. The van der Waals surface area contributed by atoms with E-state index in [9.17, 15) is 0 Å². The first-order chi connectivity index (χ1) is 12.3.